The molecule has 2 aliphatic heterocycles. The van der Waals surface area contributed by atoms with Crippen molar-refractivity contribution in [2.45, 2.75) is 25.7 Å². The van der Waals surface area contributed by atoms with Gasteiger partial charge in [-0.25, -0.2) is 0 Å². The number of aromatic nitrogens is 1. The normalized spacial score (nSPS) is 17.1. The van der Waals surface area contributed by atoms with Crippen LogP contribution in [-0.2, 0) is 12.8 Å². The van der Waals surface area contributed by atoms with Crippen molar-refractivity contribution in [1.82, 2.24) is 9.88 Å². The van der Waals surface area contributed by atoms with Gasteiger partial charge in [0.1, 0.15) is 0 Å². The monoisotopic (exact) mass is 424 g/mol. The van der Waals surface area contributed by atoms with Gasteiger partial charge in [-0.3, -0.25) is 4.90 Å². The summed E-state index contributed by atoms with van der Waals surface area (Å²) in [5, 5.41) is 1.39. The molecule has 5 heteroatoms. The first-order chi connectivity index (χ1) is 14.3. The van der Waals surface area contributed by atoms with Crippen LogP contribution in [0.25, 0.3) is 10.9 Å². The van der Waals surface area contributed by atoms with Gasteiger partial charge in [0.05, 0.1) is 0 Å². The number of halogens is 1. The van der Waals surface area contributed by atoms with E-state index in [1.165, 1.54) is 73.3 Å². The Bertz CT molecular complexity index is 974. The summed E-state index contributed by atoms with van der Waals surface area (Å²) in [6, 6.07) is 15.5. The van der Waals surface area contributed by atoms with Crippen LogP contribution in [0.4, 0.5) is 11.4 Å². The number of H-pyrrole nitrogens is 1. The average Bonchev–Trinajstić information content (AvgIpc) is 3.18. The maximum atomic E-state index is 3.40. The van der Waals surface area contributed by atoms with Gasteiger partial charge in [0.15, 0.2) is 0 Å². The molecule has 1 N–H and O–H groups in total. The van der Waals surface area contributed by atoms with Gasteiger partial charge in [-0.1, -0.05) is 24.3 Å². The van der Waals surface area contributed by atoms with Crippen molar-refractivity contribution >= 4 is 34.7 Å². The van der Waals surface area contributed by atoms with Crippen LogP contribution in [0.5, 0.6) is 0 Å². The third-order valence-corrected chi connectivity index (χ3v) is 6.77. The molecule has 0 saturated carbocycles. The summed E-state index contributed by atoms with van der Waals surface area (Å²) in [5.41, 5.74) is 7.20. The Hall–Kier alpha value is -2.17. The van der Waals surface area contributed by atoms with Crippen molar-refractivity contribution in [1.29, 1.82) is 0 Å². The third kappa shape index (κ3) is 4.17. The molecule has 0 aliphatic carbocycles. The second-order valence-corrected chi connectivity index (χ2v) is 8.59. The smallest absolute Gasteiger partial charge is 0.0456 e. The fraction of sp³-hybridized carbons (Fsp3) is 0.440. The average molecular weight is 425 g/mol. The summed E-state index contributed by atoms with van der Waals surface area (Å²) in [6.07, 6.45) is 7.07. The molecule has 0 spiro atoms. The van der Waals surface area contributed by atoms with E-state index in [9.17, 15) is 0 Å². The van der Waals surface area contributed by atoms with Crippen LogP contribution in [0.3, 0.4) is 0 Å². The molecule has 3 aromatic rings. The molecule has 0 unspecified atom stereocenters. The highest BCUT2D eigenvalue weighted by Crippen LogP contribution is 2.34. The number of para-hydroxylation sites is 1. The lowest BCUT2D eigenvalue weighted by molar-refractivity contribution is 0.255. The fourth-order valence-corrected chi connectivity index (χ4v) is 5.13. The summed E-state index contributed by atoms with van der Waals surface area (Å²) in [7, 11) is 2.23. The lowest BCUT2D eigenvalue weighted by Gasteiger charge is -2.39. The van der Waals surface area contributed by atoms with Crippen molar-refractivity contribution in [3.05, 3.63) is 59.8 Å². The number of fused-ring (bicyclic) bond motifs is 2. The molecule has 160 valence electrons. The molecule has 4 nitrogen and oxygen atoms in total. The number of hydrogen-bond acceptors (Lipinski definition) is 3. The molecule has 30 heavy (non-hydrogen) atoms. The summed E-state index contributed by atoms with van der Waals surface area (Å²) < 4.78 is 0. The largest absolute Gasteiger partial charge is 0.374 e. The van der Waals surface area contributed by atoms with Gasteiger partial charge < -0.3 is 14.8 Å². The zero-order valence-electron chi connectivity index (χ0n) is 17.9. The number of anilines is 2. The van der Waals surface area contributed by atoms with E-state index in [2.05, 4.69) is 75.4 Å². The minimum absolute atomic E-state index is 0. The Balaban J connectivity index is 0.00000218. The van der Waals surface area contributed by atoms with E-state index in [0.29, 0.717) is 0 Å². The van der Waals surface area contributed by atoms with E-state index in [-0.39, 0.29) is 12.4 Å². The molecule has 0 bridgehead atoms. The van der Waals surface area contributed by atoms with Crippen molar-refractivity contribution in [2.24, 2.45) is 0 Å². The topological polar surface area (TPSA) is 25.5 Å². The van der Waals surface area contributed by atoms with Crippen LogP contribution in [-0.4, -0.2) is 56.2 Å². The number of hydrogen-bond donors (Lipinski definition) is 1. The highest BCUT2D eigenvalue weighted by molar-refractivity contribution is 5.85. The van der Waals surface area contributed by atoms with Crippen molar-refractivity contribution in [3.8, 4) is 0 Å². The fourth-order valence-electron chi connectivity index (χ4n) is 5.13. The van der Waals surface area contributed by atoms with E-state index in [1.807, 2.05) is 0 Å². The summed E-state index contributed by atoms with van der Waals surface area (Å²) in [6.45, 7) is 7.02. The first-order valence-corrected chi connectivity index (χ1v) is 11.1. The Morgan fingerprint density at radius 3 is 2.57 bits per heavy atom. The molecule has 5 rings (SSSR count). The van der Waals surface area contributed by atoms with E-state index >= 15 is 0 Å². The first-order valence-electron chi connectivity index (χ1n) is 11.1. The maximum Gasteiger partial charge on any atom is 0.0456 e. The standard InChI is InChI=1S/C25H32N4.ClH/c1-27-13-6-9-22-24(27)11-4-12-25(22)29-17-15-28(16-18-29)14-5-7-20-19-26-23-10-3-2-8-21(20)23;/h2-4,8,10-12,19,26H,5-7,9,13-18H2,1H3;1H. The van der Waals surface area contributed by atoms with Crippen LogP contribution in [0.15, 0.2) is 48.7 Å². The van der Waals surface area contributed by atoms with Crippen LogP contribution in [0.2, 0.25) is 0 Å². The van der Waals surface area contributed by atoms with Gasteiger partial charge >= 0.3 is 0 Å². The third-order valence-electron chi connectivity index (χ3n) is 6.77. The van der Waals surface area contributed by atoms with E-state index in [0.717, 1.165) is 19.5 Å². The summed E-state index contributed by atoms with van der Waals surface area (Å²) >= 11 is 0. The number of rotatable bonds is 5. The zero-order valence-corrected chi connectivity index (χ0v) is 18.8. The lowest BCUT2D eigenvalue weighted by Crippen LogP contribution is -2.47. The molecule has 1 fully saturated rings. The number of piperazine rings is 1. The van der Waals surface area contributed by atoms with Gasteiger partial charge in [-0.15, -0.1) is 12.4 Å². The highest BCUT2D eigenvalue weighted by Gasteiger charge is 2.23. The van der Waals surface area contributed by atoms with Crippen LogP contribution in [0, 0.1) is 0 Å². The van der Waals surface area contributed by atoms with Gasteiger partial charge in [0, 0.05) is 68.2 Å². The Kier molecular flexibility index (Phi) is 6.55. The van der Waals surface area contributed by atoms with E-state index < -0.39 is 0 Å². The number of benzene rings is 2. The molecule has 0 amide bonds. The van der Waals surface area contributed by atoms with Gasteiger partial charge in [-0.2, -0.15) is 0 Å². The molecule has 1 saturated heterocycles. The van der Waals surface area contributed by atoms with Gasteiger partial charge in [-0.05, 0) is 61.6 Å². The Morgan fingerprint density at radius 2 is 1.70 bits per heavy atom. The van der Waals surface area contributed by atoms with Crippen LogP contribution in [0.1, 0.15) is 24.0 Å². The maximum absolute atomic E-state index is 3.40. The van der Waals surface area contributed by atoms with Crippen molar-refractivity contribution in [2.75, 3.05) is 56.1 Å². The second-order valence-electron chi connectivity index (χ2n) is 8.59. The molecule has 2 aromatic carbocycles. The van der Waals surface area contributed by atoms with Crippen molar-refractivity contribution < 1.29 is 0 Å². The first kappa shape index (κ1) is 21.1. The summed E-state index contributed by atoms with van der Waals surface area (Å²) in [4.78, 5) is 11.1. The Morgan fingerprint density at radius 1 is 0.900 bits per heavy atom. The number of aromatic amines is 1. The number of nitrogens with zero attached hydrogens (tertiary/aromatic N) is 3. The molecule has 0 atom stereocenters. The van der Waals surface area contributed by atoms with Crippen LogP contribution >= 0.6 is 12.4 Å². The molecule has 2 aliphatic rings. The van der Waals surface area contributed by atoms with E-state index in [1.54, 1.807) is 5.56 Å². The highest BCUT2D eigenvalue weighted by atomic mass is 35.5. The Labute approximate surface area is 186 Å². The number of aryl methyl sites for hydroxylation is 1. The predicted octanol–water partition coefficient (Wildman–Crippen LogP) is 4.73. The van der Waals surface area contributed by atoms with Gasteiger partial charge in [0.25, 0.3) is 0 Å². The predicted molar refractivity (Wildman–Crippen MR) is 131 cm³/mol. The van der Waals surface area contributed by atoms with Crippen molar-refractivity contribution in [3.63, 3.8) is 0 Å². The van der Waals surface area contributed by atoms with Crippen LogP contribution < -0.4 is 9.80 Å². The summed E-state index contributed by atoms with van der Waals surface area (Å²) in [5.74, 6) is 0. The zero-order chi connectivity index (χ0) is 19.6. The molecule has 0 radical (unpaired) electrons. The lowest BCUT2D eigenvalue weighted by atomic mass is 9.99. The minimum atomic E-state index is 0. The van der Waals surface area contributed by atoms with Gasteiger partial charge in [0.2, 0.25) is 0 Å². The SMILES string of the molecule is CN1CCCc2c1cccc2N1CCN(CCCc2c[nH]c3ccccc23)CC1.Cl. The molecule has 3 heterocycles. The molecular formula is C25H33ClN4. The number of nitrogens with one attached hydrogen (secondary N) is 1. The quantitative estimate of drug-likeness (QED) is 0.641. The molecular weight excluding hydrogens is 392 g/mol. The van der Waals surface area contributed by atoms with E-state index in [4.69, 9.17) is 0 Å². The minimum Gasteiger partial charge on any atom is -0.374 e. The molecule has 1 aromatic heterocycles. The second kappa shape index (κ2) is 9.32.